The molecular formula is C44H45N5. The summed E-state index contributed by atoms with van der Waals surface area (Å²) < 4.78 is 2.34. The Bertz CT molecular complexity index is 2240. The number of anilines is 1. The number of aryl methyl sites for hydroxylation is 2. The summed E-state index contributed by atoms with van der Waals surface area (Å²) in [7, 11) is 2.12. The first-order valence-electron chi connectivity index (χ1n) is 17.3. The molecule has 0 N–H and O–H groups in total. The van der Waals surface area contributed by atoms with Gasteiger partial charge in [-0.05, 0) is 88.5 Å². The third-order valence-electron chi connectivity index (χ3n) is 11.0. The second-order valence-corrected chi connectivity index (χ2v) is 15.5. The lowest BCUT2D eigenvalue weighted by Crippen LogP contribution is -2.31. The lowest BCUT2D eigenvalue weighted by molar-refractivity contribution is 0.495. The summed E-state index contributed by atoms with van der Waals surface area (Å²) in [6.07, 6.45) is 8.64. The predicted molar refractivity (Wildman–Crippen MR) is 201 cm³/mol. The predicted octanol–water partition coefficient (Wildman–Crippen LogP) is 9.51. The SMILES string of the molecule is Cc1nc2c(C(C)(C)c3cc(C(C)(C)C)ccn3)cc(C3(c4cccc(N5C=CN(C)C5)c4)c4ccccc4-c4ccccc43)cn2c1C. The van der Waals surface area contributed by atoms with Crippen LogP contribution in [0.5, 0.6) is 0 Å². The van der Waals surface area contributed by atoms with Crippen LogP contribution >= 0.6 is 0 Å². The average molecular weight is 644 g/mol. The average Bonchev–Trinajstić information content (AvgIpc) is 3.76. The van der Waals surface area contributed by atoms with Crippen LogP contribution in [0.2, 0.25) is 0 Å². The molecule has 2 aliphatic rings. The van der Waals surface area contributed by atoms with Gasteiger partial charge in [0.25, 0.3) is 0 Å². The van der Waals surface area contributed by atoms with E-state index < -0.39 is 10.8 Å². The van der Waals surface area contributed by atoms with E-state index in [1.54, 1.807) is 0 Å². The zero-order valence-corrected chi connectivity index (χ0v) is 29.9. The van der Waals surface area contributed by atoms with E-state index in [0.717, 1.165) is 29.4 Å². The molecule has 0 amide bonds. The van der Waals surface area contributed by atoms with Crippen LogP contribution in [0.25, 0.3) is 16.8 Å². The highest BCUT2D eigenvalue weighted by Crippen LogP contribution is 2.57. The molecule has 0 spiro atoms. The van der Waals surface area contributed by atoms with Gasteiger partial charge in [0.1, 0.15) is 5.65 Å². The molecule has 0 unspecified atom stereocenters. The van der Waals surface area contributed by atoms with E-state index in [4.69, 9.17) is 9.97 Å². The molecule has 0 bridgehead atoms. The van der Waals surface area contributed by atoms with Crippen molar-refractivity contribution >= 4 is 11.3 Å². The van der Waals surface area contributed by atoms with Gasteiger partial charge >= 0.3 is 0 Å². The van der Waals surface area contributed by atoms with E-state index in [2.05, 4.69) is 179 Å². The molecule has 0 atom stereocenters. The van der Waals surface area contributed by atoms with Crippen molar-refractivity contribution in [2.75, 3.05) is 18.6 Å². The Morgan fingerprint density at radius 2 is 1.43 bits per heavy atom. The summed E-state index contributed by atoms with van der Waals surface area (Å²) in [5, 5.41) is 0. The lowest BCUT2D eigenvalue weighted by Gasteiger charge is -2.36. The molecule has 8 rings (SSSR count). The van der Waals surface area contributed by atoms with E-state index in [1.165, 1.54) is 50.2 Å². The molecule has 4 heterocycles. The van der Waals surface area contributed by atoms with Crippen LogP contribution < -0.4 is 4.90 Å². The Morgan fingerprint density at radius 3 is 2.08 bits per heavy atom. The van der Waals surface area contributed by atoms with Gasteiger partial charge in [-0.1, -0.05) is 95.3 Å². The number of rotatable bonds is 5. The van der Waals surface area contributed by atoms with Gasteiger partial charge in [-0.15, -0.1) is 0 Å². The molecule has 0 saturated carbocycles. The Balaban J connectivity index is 1.47. The van der Waals surface area contributed by atoms with Gasteiger partial charge in [-0.2, -0.15) is 0 Å². The van der Waals surface area contributed by atoms with Crippen LogP contribution in [-0.4, -0.2) is 33.0 Å². The maximum Gasteiger partial charge on any atom is 0.141 e. The topological polar surface area (TPSA) is 36.7 Å². The van der Waals surface area contributed by atoms with E-state index >= 15 is 0 Å². The van der Waals surface area contributed by atoms with Crippen molar-refractivity contribution in [1.82, 2.24) is 19.3 Å². The Hall–Kier alpha value is -5.16. The van der Waals surface area contributed by atoms with Gasteiger partial charge in [-0.25, -0.2) is 4.98 Å². The molecule has 49 heavy (non-hydrogen) atoms. The van der Waals surface area contributed by atoms with Crippen LogP contribution in [0.3, 0.4) is 0 Å². The maximum atomic E-state index is 5.22. The molecule has 6 aromatic rings. The second kappa shape index (κ2) is 10.9. The highest BCUT2D eigenvalue weighted by Gasteiger charge is 2.47. The van der Waals surface area contributed by atoms with Gasteiger partial charge in [0, 0.05) is 54.2 Å². The van der Waals surface area contributed by atoms with E-state index in [-0.39, 0.29) is 5.41 Å². The molecule has 1 aliphatic heterocycles. The van der Waals surface area contributed by atoms with Crippen LogP contribution in [-0.2, 0) is 16.2 Å². The number of imidazole rings is 1. The Kier molecular flexibility index (Phi) is 6.94. The Labute approximate surface area is 290 Å². The third-order valence-corrected chi connectivity index (χ3v) is 11.0. The van der Waals surface area contributed by atoms with Crippen molar-refractivity contribution in [3.8, 4) is 11.1 Å². The largest absolute Gasteiger partial charge is 0.361 e. The maximum absolute atomic E-state index is 5.22. The van der Waals surface area contributed by atoms with Crippen LogP contribution in [0, 0.1) is 13.8 Å². The van der Waals surface area contributed by atoms with Crippen molar-refractivity contribution in [2.45, 2.75) is 64.7 Å². The van der Waals surface area contributed by atoms with Crippen molar-refractivity contribution in [2.24, 2.45) is 0 Å². The first-order chi connectivity index (χ1) is 23.4. The number of hydrogen-bond acceptors (Lipinski definition) is 4. The molecule has 0 saturated heterocycles. The molecule has 5 nitrogen and oxygen atoms in total. The highest BCUT2D eigenvalue weighted by atomic mass is 15.3. The molecule has 0 radical (unpaired) electrons. The fourth-order valence-electron chi connectivity index (χ4n) is 8.05. The first kappa shape index (κ1) is 31.1. The van der Waals surface area contributed by atoms with E-state index in [9.17, 15) is 0 Å². The monoisotopic (exact) mass is 643 g/mol. The molecular weight excluding hydrogens is 599 g/mol. The van der Waals surface area contributed by atoms with E-state index in [0.29, 0.717) is 0 Å². The van der Waals surface area contributed by atoms with Crippen LogP contribution in [0.1, 0.15) is 85.1 Å². The summed E-state index contributed by atoms with van der Waals surface area (Å²) in [5.41, 5.74) is 14.5. The van der Waals surface area contributed by atoms with Crippen LogP contribution in [0.4, 0.5) is 5.69 Å². The van der Waals surface area contributed by atoms with Crippen molar-refractivity contribution < 1.29 is 0 Å². The van der Waals surface area contributed by atoms with Gasteiger partial charge in [0.2, 0.25) is 0 Å². The van der Waals surface area contributed by atoms with Gasteiger partial charge in [-0.3, -0.25) is 4.98 Å². The summed E-state index contributed by atoms with van der Waals surface area (Å²) in [6.45, 7) is 16.5. The number of aromatic nitrogens is 3. The van der Waals surface area contributed by atoms with Crippen molar-refractivity contribution in [1.29, 1.82) is 0 Å². The minimum atomic E-state index is -0.567. The summed E-state index contributed by atoms with van der Waals surface area (Å²) >= 11 is 0. The molecule has 246 valence electrons. The molecule has 3 aromatic carbocycles. The van der Waals surface area contributed by atoms with Crippen molar-refractivity contribution in [3.63, 3.8) is 0 Å². The summed E-state index contributed by atoms with van der Waals surface area (Å²) in [4.78, 5) is 14.8. The van der Waals surface area contributed by atoms with Gasteiger partial charge in [0.05, 0.1) is 23.5 Å². The van der Waals surface area contributed by atoms with Gasteiger partial charge in [0.15, 0.2) is 0 Å². The second-order valence-electron chi connectivity index (χ2n) is 15.5. The fourth-order valence-corrected chi connectivity index (χ4v) is 8.05. The number of pyridine rings is 2. The minimum Gasteiger partial charge on any atom is -0.361 e. The minimum absolute atomic E-state index is 0.0110. The molecule has 5 heteroatoms. The summed E-state index contributed by atoms with van der Waals surface area (Å²) in [5.74, 6) is 0. The normalized spacial score (nSPS) is 15.3. The number of fused-ring (bicyclic) bond motifs is 4. The van der Waals surface area contributed by atoms with Crippen LogP contribution in [0.15, 0.2) is 116 Å². The zero-order chi connectivity index (χ0) is 34.3. The smallest absolute Gasteiger partial charge is 0.141 e. The van der Waals surface area contributed by atoms with Crippen molar-refractivity contribution in [3.05, 3.63) is 166 Å². The number of hydrogen-bond donors (Lipinski definition) is 0. The molecule has 0 fully saturated rings. The van der Waals surface area contributed by atoms with Gasteiger partial charge < -0.3 is 14.2 Å². The fraction of sp³-hybridized carbons (Fsp3) is 0.273. The highest BCUT2D eigenvalue weighted by molar-refractivity contribution is 5.86. The Morgan fingerprint density at radius 1 is 0.735 bits per heavy atom. The first-order valence-corrected chi connectivity index (χ1v) is 17.3. The quantitative estimate of drug-likeness (QED) is 0.187. The van der Waals surface area contributed by atoms with E-state index in [1.807, 2.05) is 6.20 Å². The number of benzene rings is 3. The molecule has 3 aromatic heterocycles. The lowest BCUT2D eigenvalue weighted by atomic mass is 9.67. The summed E-state index contributed by atoms with van der Waals surface area (Å²) in [6, 6.07) is 34.0. The standard InChI is InChI=1S/C44H45N5/c1-29-30(2)49-27-33(25-39(41(49)46-29)43(6,7)40-26-31(20-21-45-40)42(3,4)5)44(32-14-13-15-34(24-32)48-23-22-47(8)28-48)37-18-11-9-16-35(37)36-17-10-12-19-38(36)44/h9-27H,28H2,1-8H3. The third kappa shape index (κ3) is 4.66. The number of nitrogens with zero attached hydrogens (tertiary/aromatic N) is 5. The zero-order valence-electron chi connectivity index (χ0n) is 29.9. The molecule has 1 aliphatic carbocycles.